The van der Waals surface area contributed by atoms with Crippen LogP contribution in [0.3, 0.4) is 0 Å². The van der Waals surface area contributed by atoms with Crippen molar-refractivity contribution in [3.8, 4) is 0 Å². The molecule has 216 valence electrons. The van der Waals surface area contributed by atoms with Gasteiger partial charge in [0, 0.05) is 0 Å². The molecule has 4 atom stereocenters. The Kier molecular flexibility index (Phi) is 12.2. The molecule has 2 aromatic carbocycles. The van der Waals surface area contributed by atoms with Gasteiger partial charge in [-0.25, -0.2) is 0 Å². The van der Waals surface area contributed by atoms with Crippen molar-refractivity contribution >= 4 is 28.8 Å². The Morgan fingerprint density at radius 1 is 0.923 bits per heavy atom. The Morgan fingerprint density at radius 2 is 1.44 bits per heavy atom. The molecule has 6 heteroatoms. The molecule has 39 heavy (non-hydrogen) atoms. The van der Waals surface area contributed by atoms with E-state index in [-0.39, 0.29) is 18.0 Å². The molecule has 1 aliphatic rings. The maximum atomic E-state index is 14.3. The van der Waals surface area contributed by atoms with Crippen LogP contribution in [0, 0.1) is 20.8 Å². The van der Waals surface area contributed by atoms with E-state index in [1.165, 1.54) is 51.8 Å². The number of benzene rings is 2. The van der Waals surface area contributed by atoms with Crippen LogP contribution in [0.25, 0.3) is 0 Å². The standard InChI is InChI=1S/C21H24NO3S.3C4H9.Sn/c1-5-18(17-9-7-6-8-10-17)20-19(13-23)22(20)26(24,25)21-15(3)11-14(2)12-16(21)4;3*1-3-4-2;/h5-12,18-20H,1,13H2,2-4H3;3*1,3-4H2,2H3;/q-1;;;;+1/t18?,19-,20+,22?;;;;/m0..../s1. The molecular formula is C33H51NO3SSn. The second-order valence-corrected chi connectivity index (χ2v) is 25.2. The van der Waals surface area contributed by atoms with Crippen LogP contribution in [-0.2, 0) is 13.1 Å². The molecule has 1 fully saturated rings. The Morgan fingerprint density at radius 3 is 1.90 bits per heavy atom. The second kappa shape index (κ2) is 14.7. The van der Waals surface area contributed by atoms with E-state index in [0.29, 0.717) is 11.5 Å². The molecule has 4 nitrogen and oxygen atoms in total. The van der Waals surface area contributed by atoms with Crippen molar-refractivity contribution in [3.05, 3.63) is 77.4 Å². The summed E-state index contributed by atoms with van der Waals surface area (Å²) in [5.74, 6) is -0.0767. The summed E-state index contributed by atoms with van der Waals surface area (Å²) in [5, 5.41) is 0. The Hall–Kier alpha value is -1.15. The Balaban J connectivity index is 1.99. The number of hydrogen-bond donors (Lipinski definition) is 0. The zero-order valence-corrected chi connectivity index (χ0v) is 28.9. The number of nitrogens with zero attached hydrogens (tertiary/aromatic N) is 1. The first-order valence-corrected chi connectivity index (χ1v) is 23.7. The van der Waals surface area contributed by atoms with Crippen molar-refractivity contribution in [3.63, 3.8) is 0 Å². The van der Waals surface area contributed by atoms with E-state index in [0.717, 1.165) is 22.3 Å². The van der Waals surface area contributed by atoms with Gasteiger partial charge in [0.1, 0.15) is 0 Å². The molecule has 0 aliphatic carbocycles. The molecule has 1 heterocycles. The molecule has 0 spiro atoms. The van der Waals surface area contributed by atoms with Gasteiger partial charge in [-0.3, -0.25) is 0 Å². The quantitative estimate of drug-likeness (QED) is 0.0970. The minimum absolute atomic E-state index is 0.0767. The van der Waals surface area contributed by atoms with E-state index < -0.39 is 28.8 Å². The van der Waals surface area contributed by atoms with Crippen molar-refractivity contribution in [2.75, 3.05) is 6.61 Å². The number of hydrogen-bond acceptors (Lipinski definition) is 3. The average Bonchev–Trinajstić information content (AvgIpc) is 3.63. The summed E-state index contributed by atoms with van der Waals surface area (Å²) < 4.78 is 41.3. The number of rotatable bonds is 17. The first-order valence-electron chi connectivity index (χ1n) is 15.1. The summed E-state index contributed by atoms with van der Waals surface area (Å²) in [5.41, 5.74) is 3.82. The fraction of sp³-hybridized carbons (Fsp3) is 0.576. The van der Waals surface area contributed by atoms with Gasteiger partial charge in [0.15, 0.2) is 0 Å². The van der Waals surface area contributed by atoms with Crippen LogP contribution in [0.15, 0.2) is 60.0 Å². The average molecular weight is 661 g/mol. The third-order valence-electron chi connectivity index (χ3n) is 8.39. The Labute approximate surface area is 243 Å². The van der Waals surface area contributed by atoms with Gasteiger partial charge in [0.2, 0.25) is 0 Å². The van der Waals surface area contributed by atoms with Crippen molar-refractivity contribution in [2.24, 2.45) is 0 Å². The molecular weight excluding hydrogens is 609 g/mol. The third kappa shape index (κ3) is 7.78. The molecule has 0 amide bonds. The molecule has 0 N–H and O–H groups in total. The van der Waals surface area contributed by atoms with Crippen LogP contribution < -0.4 is 0 Å². The van der Waals surface area contributed by atoms with Gasteiger partial charge in [-0.2, -0.15) is 0 Å². The SMILES string of the molecule is C=CC(c1ccccc1)[C@@H]1[C@H](C[O][Sn]([CH2]CCC)([CH2]CCC)[CH2]CCC)N1S(=O)(=O)c1c(C)cc(C)cc1C. The topological polar surface area (TPSA) is 46.4 Å². The first-order chi connectivity index (χ1) is 18.7. The number of sulfonamides is 1. The number of aryl methyl sites for hydroxylation is 3. The first kappa shape index (κ1) is 32.4. The fourth-order valence-electron chi connectivity index (χ4n) is 6.36. The molecule has 3 rings (SSSR count). The summed E-state index contributed by atoms with van der Waals surface area (Å²) >= 11 is -2.90. The van der Waals surface area contributed by atoms with Gasteiger partial charge in [0.05, 0.1) is 0 Å². The summed E-state index contributed by atoms with van der Waals surface area (Å²) in [7, 11) is -3.69. The molecule has 0 aromatic heterocycles. The molecule has 2 unspecified atom stereocenters. The summed E-state index contributed by atoms with van der Waals surface area (Å²) in [6.07, 6.45) is 9.16. The van der Waals surface area contributed by atoms with Crippen LogP contribution in [0.5, 0.6) is 0 Å². The fourth-order valence-corrected chi connectivity index (χ4v) is 22.0. The zero-order chi connectivity index (χ0) is 28.6. The molecule has 2 aromatic rings. The van der Waals surface area contributed by atoms with Crippen molar-refractivity contribution < 1.29 is 11.5 Å². The minimum atomic E-state index is -3.69. The van der Waals surface area contributed by atoms with E-state index in [1.807, 2.05) is 57.2 Å². The second-order valence-electron chi connectivity index (χ2n) is 11.6. The van der Waals surface area contributed by atoms with Crippen LogP contribution in [0.1, 0.15) is 87.5 Å². The zero-order valence-electron chi connectivity index (χ0n) is 25.2. The molecule has 0 radical (unpaired) electrons. The third-order valence-corrected chi connectivity index (χ3v) is 23.7. The van der Waals surface area contributed by atoms with E-state index in [4.69, 9.17) is 3.07 Å². The molecule has 1 saturated heterocycles. The number of unbranched alkanes of at least 4 members (excludes halogenated alkanes) is 3. The van der Waals surface area contributed by atoms with Gasteiger partial charge < -0.3 is 0 Å². The predicted molar refractivity (Wildman–Crippen MR) is 167 cm³/mol. The monoisotopic (exact) mass is 661 g/mol. The summed E-state index contributed by atoms with van der Waals surface area (Å²) in [4.78, 5) is 0.453. The molecule has 1 aliphatic heterocycles. The van der Waals surface area contributed by atoms with Gasteiger partial charge in [-0.05, 0) is 0 Å². The van der Waals surface area contributed by atoms with Crippen molar-refractivity contribution in [1.82, 2.24) is 4.31 Å². The van der Waals surface area contributed by atoms with Crippen LogP contribution >= 0.6 is 0 Å². The molecule has 0 bridgehead atoms. The van der Waals surface area contributed by atoms with Gasteiger partial charge >= 0.3 is 245 Å². The van der Waals surface area contributed by atoms with E-state index >= 15 is 0 Å². The maximum absolute atomic E-state index is 14.3. The molecule has 0 saturated carbocycles. The van der Waals surface area contributed by atoms with Crippen molar-refractivity contribution in [1.29, 1.82) is 0 Å². The van der Waals surface area contributed by atoms with E-state index in [9.17, 15) is 8.42 Å². The van der Waals surface area contributed by atoms with E-state index in [1.54, 1.807) is 4.31 Å². The summed E-state index contributed by atoms with van der Waals surface area (Å²) in [6, 6.07) is 13.8. The van der Waals surface area contributed by atoms with E-state index in [2.05, 4.69) is 39.5 Å². The van der Waals surface area contributed by atoms with Crippen LogP contribution in [-0.4, -0.2) is 50.2 Å². The summed E-state index contributed by atoms with van der Waals surface area (Å²) in [6.45, 7) is 17.3. The normalized spacial score (nSPS) is 20.1. The predicted octanol–water partition coefficient (Wildman–Crippen LogP) is 8.69. The van der Waals surface area contributed by atoms with Gasteiger partial charge in [-0.15, -0.1) is 0 Å². The van der Waals surface area contributed by atoms with Crippen molar-refractivity contribution in [2.45, 2.75) is 116 Å². The van der Waals surface area contributed by atoms with Crippen LogP contribution in [0.2, 0.25) is 13.3 Å². The van der Waals surface area contributed by atoms with Gasteiger partial charge in [0.25, 0.3) is 0 Å². The van der Waals surface area contributed by atoms with Gasteiger partial charge in [-0.1, -0.05) is 0 Å². The Bertz CT molecular complexity index is 1140. The van der Waals surface area contributed by atoms with Crippen LogP contribution in [0.4, 0.5) is 0 Å².